The molecular formula is C33H36N2O5. The lowest BCUT2D eigenvalue weighted by Crippen LogP contribution is -2.64. The third-order valence-electron chi connectivity index (χ3n) is 9.39. The number of nitrogens with zero attached hydrogens (tertiary/aromatic N) is 1. The number of hydrogen-bond donors (Lipinski definition) is 3. The van der Waals surface area contributed by atoms with Crippen molar-refractivity contribution in [3.8, 4) is 11.5 Å². The Hall–Kier alpha value is -3.81. The second kappa shape index (κ2) is 9.98. The fourth-order valence-corrected chi connectivity index (χ4v) is 7.20. The SMILES string of the molecule is COc1ccc2c3c1O[C@H]1[C@@H](O)C=C[C@H]4[C@@H](C2)N(C)CC[C@@]341.Cc1cccc(Nc2ccccc2C(=O)O)c1C. The van der Waals surface area contributed by atoms with Gasteiger partial charge in [0.1, 0.15) is 12.2 Å². The van der Waals surface area contributed by atoms with Crippen LogP contribution in [0.15, 0.2) is 66.7 Å². The maximum absolute atomic E-state index is 11.1. The standard InChI is InChI=1S/C18H21NO3.C15H15NO2/c1-19-8-7-18-11-4-5-13(20)17(18)22-16-14(21-2)6-3-10(15(16)18)9-12(11)19;1-10-6-5-9-13(11(10)2)16-14-8-4-3-7-12(14)15(17)18/h3-6,11-13,17,20H,7-9H2,1-2H3;3-9,16H,1-2H3,(H,17,18)/t11-,12+,13-,17-,18-;/m0./s1. The number of ether oxygens (including phenoxy) is 2. The largest absolute Gasteiger partial charge is 0.493 e. The quantitative estimate of drug-likeness (QED) is 0.390. The molecule has 2 heterocycles. The fraction of sp³-hybridized carbons (Fsp3) is 0.364. The number of para-hydroxylation sites is 1. The number of aliphatic hydroxyl groups excluding tert-OH is 1. The smallest absolute Gasteiger partial charge is 0.337 e. The minimum atomic E-state index is -0.927. The van der Waals surface area contributed by atoms with E-state index in [1.165, 1.54) is 16.7 Å². The first-order valence-electron chi connectivity index (χ1n) is 13.9. The summed E-state index contributed by atoms with van der Waals surface area (Å²) < 4.78 is 11.8. The van der Waals surface area contributed by atoms with Crippen LogP contribution in [0.2, 0.25) is 0 Å². The average Bonchev–Trinajstić information content (AvgIpc) is 3.30. The summed E-state index contributed by atoms with van der Waals surface area (Å²) in [5, 5.41) is 22.9. The van der Waals surface area contributed by atoms with Crippen molar-refractivity contribution in [3.05, 3.63) is 94.6 Å². The van der Waals surface area contributed by atoms with E-state index in [4.69, 9.17) is 14.6 Å². The molecule has 0 unspecified atom stereocenters. The van der Waals surface area contributed by atoms with Crippen LogP contribution in [0.3, 0.4) is 0 Å². The molecule has 7 rings (SSSR count). The number of carboxylic acids is 1. The summed E-state index contributed by atoms with van der Waals surface area (Å²) in [6.07, 6.45) is 5.54. The molecule has 2 aliphatic heterocycles. The van der Waals surface area contributed by atoms with Crippen molar-refractivity contribution >= 4 is 17.3 Å². The number of aliphatic hydroxyl groups is 1. The third-order valence-corrected chi connectivity index (χ3v) is 9.39. The first-order chi connectivity index (χ1) is 19.3. The van der Waals surface area contributed by atoms with E-state index in [1.807, 2.05) is 50.3 Å². The van der Waals surface area contributed by atoms with E-state index < -0.39 is 12.1 Å². The Bertz CT molecular complexity index is 1500. The summed E-state index contributed by atoms with van der Waals surface area (Å²) >= 11 is 0. The van der Waals surface area contributed by atoms with Crippen molar-refractivity contribution in [2.24, 2.45) is 5.92 Å². The number of piperidine rings is 1. The zero-order chi connectivity index (χ0) is 28.2. The Morgan fingerprint density at radius 1 is 1.07 bits per heavy atom. The molecule has 2 aliphatic carbocycles. The van der Waals surface area contributed by atoms with Gasteiger partial charge in [0.25, 0.3) is 0 Å². The summed E-state index contributed by atoms with van der Waals surface area (Å²) in [5.74, 6) is 1.16. The van der Waals surface area contributed by atoms with Gasteiger partial charge >= 0.3 is 5.97 Å². The Morgan fingerprint density at radius 3 is 2.62 bits per heavy atom. The molecule has 1 fully saturated rings. The third kappa shape index (κ3) is 3.99. The van der Waals surface area contributed by atoms with Crippen LogP contribution >= 0.6 is 0 Å². The summed E-state index contributed by atoms with van der Waals surface area (Å²) in [6, 6.07) is 17.5. The summed E-state index contributed by atoms with van der Waals surface area (Å²) in [6.45, 7) is 5.10. The van der Waals surface area contributed by atoms with Gasteiger partial charge in [0.05, 0.1) is 18.4 Å². The zero-order valence-electron chi connectivity index (χ0n) is 23.3. The molecule has 7 heteroatoms. The van der Waals surface area contributed by atoms with Gasteiger partial charge in [0, 0.05) is 28.6 Å². The molecule has 0 saturated carbocycles. The maximum atomic E-state index is 11.1. The first-order valence-corrected chi connectivity index (χ1v) is 13.9. The molecule has 1 spiro atoms. The summed E-state index contributed by atoms with van der Waals surface area (Å²) in [5.41, 5.74) is 6.72. The number of aryl methyl sites for hydroxylation is 1. The number of carboxylic acid groups (broad SMARTS) is 1. The van der Waals surface area contributed by atoms with Crippen LogP contribution in [0.25, 0.3) is 0 Å². The van der Waals surface area contributed by atoms with E-state index in [9.17, 15) is 9.90 Å². The molecule has 3 N–H and O–H groups in total. The molecule has 0 amide bonds. The molecular weight excluding hydrogens is 504 g/mol. The van der Waals surface area contributed by atoms with Crippen molar-refractivity contribution < 1.29 is 24.5 Å². The minimum Gasteiger partial charge on any atom is -0.493 e. The van der Waals surface area contributed by atoms with E-state index in [2.05, 4.69) is 29.4 Å². The van der Waals surface area contributed by atoms with E-state index in [0.717, 1.165) is 42.1 Å². The second-order valence-electron chi connectivity index (χ2n) is 11.3. The van der Waals surface area contributed by atoms with Crippen LogP contribution in [-0.2, 0) is 11.8 Å². The lowest BCUT2D eigenvalue weighted by molar-refractivity contribution is -0.0453. The number of likely N-dealkylation sites (tertiary alicyclic amines) is 1. The molecule has 7 nitrogen and oxygen atoms in total. The molecule has 5 atom stereocenters. The number of likely N-dealkylation sites (N-methyl/N-ethyl adjacent to an activating group) is 1. The highest BCUT2D eigenvalue weighted by molar-refractivity contribution is 5.95. The van der Waals surface area contributed by atoms with Crippen molar-refractivity contribution in [2.45, 2.75) is 50.4 Å². The first kappa shape index (κ1) is 26.4. The highest BCUT2D eigenvalue weighted by Crippen LogP contribution is 2.62. The molecule has 4 aliphatic rings. The van der Waals surface area contributed by atoms with Gasteiger partial charge in [-0.3, -0.25) is 0 Å². The lowest BCUT2D eigenvalue weighted by atomic mass is 9.53. The molecule has 1 saturated heterocycles. The van der Waals surface area contributed by atoms with Gasteiger partial charge in [-0.2, -0.15) is 0 Å². The molecule has 0 aromatic heterocycles. The number of methoxy groups -OCH3 is 1. The van der Waals surface area contributed by atoms with Gasteiger partial charge < -0.3 is 29.9 Å². The minimum absolute atomic E-state index is 0.0806. The van der Waals surface area contributed by atoms with Crippen LogP contribution in [0.5, 0.6) is 11.5 Å². The Balaban J connectivity index is 0.000000148. The molecule has 0 radical (unpaired) electrons. The maximum Gasteiger partial charge on any atom is 0.337 e. The molecule has 3 aromatic carbocycles. The lowest BCUT2D eigenvalue weighted by Gasteiger charge is -2.56. The van der Waals surface area contributed by atoms with Gasteiger partial charge in [-0.25, -0.2) is 4.79 Å². The van der Waals surface area contributed by atoms with Gasteiger partial charge in [-0.05, 0) is 81.2 Å². The number of anilines is 2. The van der Waals surface area contributed by atoms with Crippen molar-refractivity contribution in [3.63, 3.8) is 0 Å². The van der Waals surface area contributed by atoms with E-state index in [0.29, 0.717) is 17.6 Å². The van der Waals surface area contributed by atoms with E-state index >= 15 is 0 Å². The van der Waals surface area contributed by atoms with Crippen LogP contribution in [0.4, 0.5) is 11.4 Å². The van der Waals surface area contributed by atoms with Gasteiger partial charge in [-0.15, -0.1) is 0 Å². The predicted octanol–water partition coefficient (Wildman–Crippen LogP) is 5.25. The van der Waals surface area contributed by atoms with Gasteiger partial charge in [0.15, 0.2) is 11.5 Å². The topological polar surface area (TPSA) is 91.3 Å². The Morgan fingerprint density at radius 2 is 1.85 bits per heavy atom. The summed E-state index contributed by atoms with van der Waals surface area (Å²) in [7, 11) is 3.91. The van der Waals surface area contributed by atoms with Crippen molar-refractivity contribution in [1.29, 1.82) is 0 Å². The van der Waals surface area contributed by atoms with Crippen LogP contribution < -0.4 is 14.8 Å². The van der Waals surface area contributed by atoms with E-state index in [-0.39, 0.29) is 17.1 Å². The number of nitrogens with one attached hydrogen (secondary N) is 1. The predicted molar refractivity (Wildman–Crippen MR) is 155 cm³/mol. The Kier molecular flexibility index (Phi) is 6.59. The van der Waals surface area contributed by atoms with Crippen molar-refractivity contribution in [2.75, 3.05) is 26.0 Å². The van der Waals surface area contributed by atoms with Crippen molar-refractivity contribution in [1.82, 2.24) is 4.90 Å². The zero-order valence-corrected chi connectivity index (χ0v) is 23.3. The van der Waals surface area contributed by atoms with E-state index in [1.54, 1.807) is 25.3 Å². The number of hydrogen-bond acceptors (Lipinski definition) is 6. The highest BCUT2D eigenvalue weighted by atomic mass is 16.5. The summed E-state index contributed by atoms with van der Waals surface area (Å²) in [4.78, 5) is 13.6. The Labute approximate surface area is 235 Å². The van der Waals surface area contributed by atoms with Gasteiger partial charge in [0.2, 0.25) is 0 Å². The fourth-order valence-electron chi connectivity index (χ4n) is 7.20. The monoisotopic (exact) mass is 540 g/mol. The van der Waals surface area contributed by atoms with Crippen LogP contribution in [-0.4, -0.2) is 60.0 Å². The van der Waals surface area contributed by atoms with Crippen LogP contribution in [0.1, 0.15) is 39.0 Å². The second-order valence-corrected chi connectivity index (χ2v) is 11.3. The number of benzene rings is 3. The molecule has 208 valence electrons. The highest BCUT2D eigenvalue weighted by Gasteiger charge is 2.64. The average molecular weight is 541 g/mol. The van der Waals surface area contributed by atoms with Gasteiger partial charge in [-0.1, -0.05) is 42.5 Å². The molecule has 40 heavy (non-hydrogen) atoms. The number of rotatable bonds is 4. The van der Waals surface area contributed by atoms with Crippen LogP contribution in [0, 0.1) is 19.8 Å². The normalized spacial score (nSPS) is 27.1. The molecule has 3 aromatic rings. The number of carbonyl (C=O) groups is 1. The molecule has 2 bridgehead atoms. The number of aromatic carboxylic acids is 1.